The highest BCUT2D eigenvalue weighted by Gasteiger charge is 2.39. The molecule has 7 nitrogen and oxygen atoms in total. The van der Waals surface area contributed by atoms with Gasteiger partial charge in [0.2, 0.25) is 5.91 Å². The number of amidine groups is 1. The van der Waals surface area contributed by atoms with Crippen LogP contribution in [-0.4, -0.2) is 50.8 Å². The second kappa shape index (κ2) is 7.18. The number of hydrogen-bond acceptors (Lipinski definition) is 6. The Morgan fingerprint density at radius 2 is 1.76 bits per heavy atom. The Balaban J connectivity index is 1.80. The van der Waals surface area contributed by atoms with E-state index in [1.54, 1.807) is 24.3 Å². The van der Waals surface area contributed by atoms with Crippen LogP contribution in [0.25, 0.3) is 0 Å². The van der Waals surface area contributed by atoms with Crippen LogP contribution in [0.1, 0.15) is 47.4 Å². The summed E-state index contributed by atoms with van der Waals surface area (Å²) in [5.74, 6) is -0.751. The summed E-state index contributed by atoms with van der Waals surface area (Å²) in [6.45, 7) is 3.79. The molecule has 25 heavy (non-hydrogen) atoms. The van der Waals surface area contributed by atoms with E-state index in [1.807, 2.05) is 6.92 Å². The van der Waals surface area contributed by atoms with E-state index in [4.69, 9.17) is 0 Å². The molecule has 2 heterocycles. The van der Waals surface area contributed by atoms with E-state index in [0.717, 1.165) is 23.5 Å². The lowest BCUT2D eigenvalue weighted by molar-refractivity contribution is -0.124. The first kappa shape index (κ1) is 17.3. The van der Waals surface area contributed by atoms with Crippen molar-refractivity contribution in [3.8, 4) is 0 Å². The van der Waals surface area contributed by atoms with Crippen LogP contribution in [0.4, 0.5) is 0 Å². The Labute approximate surface area is 149 Å². The zero-order valence-corrected chi connectivity index (χ0v) is 14.9. The SMILES string of the molecule is CCC/C(C)=N/N=C1\SCC(=O)N1CN1C(=O)c2ccccc2C1=O. The number of nitrogens with zero attached hydrogens (tertiary/aromatic N) is 4. The minimum absolute atomic E-state index is 0.140. The van der Waals surface area contributed by atoms with Crippen LogP contribution in [0.15, 0.2) is 34.5 Å². The number of amides is 3. The van der Waals surface area contributed by atoms with Crippen molar-refractivity contribution >= 4 is 40.4 Å². The molecule has 8 heteroatoms. The lowest BCUT2D eigenvalue weighted by atomic mass is 10.1. The van der Waals surface area contributed by atoms with Gasteiger partial charge in [0, 0.05) is 5.71 Å². The fraction of sp³-hybridized carbons (Fsp3) is 0.353. The Morgan fingerprint density at radius 1 is 1.12 bits per heavy atom. The summed E-state index contributed by atoms with van der Waals surface area (Å²) in [5, 5.41) is 8.69. The second-order valence-electron chi connectivity index (χ2n) is 5.80. The van der Waals surface area contributed by atoms with Gasteiger partial charge in [0.1, 0.15) is 6.67 Å². The maximum atomic E-state index is 12.5. The molecule has 0 radical (unpaired) electrons. The third-order valence-electron chi connectivity index (χ3n) is 3.94. The van der Waals surface area contributed by atoms with E-state index in [0.29, 0.717) is 16.3 Å². The zero-order chi connectivity index (χ0) is 18.0. The maximum Gasteiger partial charge on any atom is 0.263 e. The van der Waals surface area contributed by atoms with E-state index in [1.165, 1.54) is 16.7 Å². The molecule has 2 aliphatic heterocycles. The summed E-state index contributed by atoms with van der Waals surface area (Å²) in [4.78, 5) is 39.5. The number of imide groups is 1. The van der Waals surface area contributed by atoms with E-state index in [-0.39, 0.29) is 18.3 Å². The summed E-state index contributed by atoms with van der Waals surface area (Å²) in [5.41, 5.74) is 1.60. The Bertz CT molecular complexity index is 768. The first-order chi connectivity index (χ1) is 12.0. The fourth-order valence-corrected chi connectivity index (χ4v) is 3.48. The molecule has 0 aliphatic carbocycles. The molecule has 0 saturated carbocycles. The van der Waals surface area contributed by atoms with Gasteiger partial charge in [0.15, 0.2) is 5.17 Å². The smallest absolute Gasteiger partial charge is 0.263 e. The molecule has 0 unspecified atom stereocenters. The van der Waals surface area contributed by atoms with Crippen molar-refractivity contribution in [2.45, 2.75) is 26.7 Å². The Kier molecular flexibility index (Phi) is 4.98. The van der Waals surface area contributed by atoms with Crippen molar-refractivity contribution in [1.29, 1.82) is 0 Å². The lowest BCUT2D eigenvalue weighted by Gasteiger charge is -2.21. The minimum Gasteiger partial charge on any atom is -0.273 e. The third kappa shape index (κ3) is 3.34. The van der Waals surface area contributed by atoms with Crippen molar-refractivity contribution in [3.63, 3.8) is 0 Å². The van der Waals surface area contributed by atoms with Gasteiger partial charge >= 0.3 is 0 Å². The molecule has 0 atom stereocenters. The number of carbonyl (C=O) groups excluding carboxylic acids is 3. The molecular formula is C17H18N4O3S. The van der Waals surface area contributed by atoms with E-state index in [2.05, 4.69) is 17.1 Å². The predicted molar refractivity (Wildman–Crippen MR) is 96.6 cm³/mol. The first-order valence-electron chi connectivity index (χ1n) is 8.02. The number of hydrogen-bond donors (Lipinski definition) is 0. The summed E-state index contributed by atoms with van der Waals surface area (Å²) >= 11 is 1.26. The molecule has 1 aromatic rings. The summed E-state index contributed by atoms with van der Waals surface area (Å²) in [7, 11) is 0. The molecule has 0 spiro atoms. The van der Waals surface area contributed by atoms with Gasteiger partial charge in [-0.25, -0.2) is 0 Å². The highest BCUT2D eigenvalue weighted by molar-refractivity contribution is 8.15. The fourth-order valence-electron chi connectivity index (χ4n) is 2.66. The molecule has 0 aromatic heterocycles. The highest BCUT2D eigenvalue weighted by atomic mass is 32.2. The van der Waals surface area contributed by atoms with Crippen LogP contribution in [0, 0.1) is 0 Å². The van der Waals surface area contributed by atoms with Crippen LogP contribution in [0.2, 0.25) is 0 Å². The average molecular weight is 358 g/mol. The second-order valence-corrected chi connectivity index (χ2v) is 6.75. The number of thioether (sulfide) groups is 1. The van der Waals surface area contributed by atoms with Gasteiger partial charge in [-0.2, -0.15) is 5.10 Å². The van der Waals surface area contributed by atoms with Gasteiger partial charge in [-0.05, 0) is 25.5 Å². The van der Waals surface area contributed by atoms with Crippen LogP contribution >= 0.6 is 11.8 Å². The number of carbonyl (C=O) groups is 3. The zero-order valence-electron chi connectivity index (χ0n) is 14.1. The summed E-state index contributed by atoms with van der Waals surface area (Å²) in [6.07, 6.45) is 1.79. The molecule has 3 rings (SSSR count). The predicted octanol–water partition coefficient (Wildman–Crippen LogP) is 2.35. The van der Waals surface area contributed by atoms with Crippen LogP contribution in [0.3, 0.4) is 0 Å². The quantitative estimate of drug-likeness (QED) is 0.459. The van der Waals surface area contributed by atoms with Gasteiger partial charge in [0.25, 0.3) is 11.8 Å². The lowest BCUT2D eigenvalue weighted by Crippen LogP contribution is -2.43. The van der Waals surface area contributed by atoms with E-state index < -0.39 is 11.8 Å². The summed E-state index contributed by atoms with van der Waals surface area (Å²) in [6, 6.07) is 6.65. The molecule has 1 saturated heterocycles. The molecule has 0 N–H and O–H groups in total. The maximum absolute atomic E-state index is 12.5. The average Bonchev–Trinajstić information content (AvgIpc) is 3.07. The number of fused-ring (bicyclic) bond motifs is 1. The monoisotopic (exact) mass is 358 g/mol. The highest BCUT2D eigenvalue weighted by Crippen LogP contribution is 2.26. The normalized spacial score (nSPS) is 19.4. The Hall–Kier alpha value is -2.48. The van der Waals surface area contributed by atoms with Gasteiger partial charge in [-0.3, -0.25) is 24.2 Å². The van der Waals surface area contributed by atoms with Gasteiger partial charge < -0.3 is 0 Å². The molecule has 130 valence electrons. The van der Waals surface area contributed by atoms with Crippen molar-refractivity contribution in [2.75, 3.05) is 12.4 Å². The van der Waals surface area contributed by atoms with Crippen LogP contribution < -0.4 is 0 Å². The summed E-state index contributed by atoms with van der Waals surface area (Å²) < 4.78 is 0. The minimum atomic E-state index is -0.393. The van der Waals surface area contributed by atoms with Gasteiger partial charge in [-0.1, -0.05) is 37.2 Å². The molecular weight excluding hydrogens is 340 g/mol. The van der Waals surface area contributed by atoms with Crippen LogP contribution in [-0.2, 0) is 4.79 Å². The molecule has 2 aliphatic rings. The van der Waals surface area contributed by atoms with Crippen LogP contribution in [0.5, 0.6) is 0 Å². The van der Waals surface area contributed by atoms with Gasteiger partial charge in [0.05, 0.1) is 16.9 Å². The van der Waals surface area contributed by atoms with Crippen molar-refractivity contribution < 1.29 is 14.4 Å². The van der Waals surface area contributed by atoms with E-state index in [9.17, 15) is 14.4 Å². The number of rotatable bonds is 5. The van der Waals surface area contributed by atoms with Crippen molar-refractivity contribution in [2.24, 2.45) is 10.2 Å². The van der Waals surface area contributed by atoms with E-state index >= 15 is 0 Å². The first-order valence-corrected chi connectivity index (χ1v) is 9.01. The molecule has 1 fully saturated rings. The largest absolute Gasteiger partial charge is 0.273 e. The molecule has 1 aromatic carbocycles. The van der Waals surface area contributed by atoms with Crippen molar-refractivity contribution in [1.82, 2.24) is 9.80 Å². The Morgan fingerprint density at radius 3 is 2.36 bits per heavy atom. The number of benzene rings is 1. The molecule has 3 amide bonds. The molecule has 0 bridgehead atoms. The van der Waals surface area contributed by atoms with Gasteiger partial charge in [-0.15, -0.1) is 5.10 Å². The third-order valence-corrected chi connectivity index (χ3v) is 4.89. The van der Waals surface area contributed by atoms with Crippen molar-refractivity contribution in [3.05, 3.63) is 35.4 Å². The standard InChI is InChI=1S/C17H18N4O3S/c1-3-6-11(2)18-19-17-20(14(22)9-25-17)10-21-15(23)12-7-4-5-8-13(12)16(21)24/h4-5,7-8H,3,6,9-10H2,1-2H3/b18-11+,19-17-. The topological polar surface area (TPSA) is 82.4 Å².